The fraction of sp³-hybridized carbons (Fsp3) is 0.643. The van der Waals surface area contributed by atoms with Crippen LogP contribution in [0.2, 0.25) is 0 Å². The summed E-state index contributed by atoms with van der Waals surface area (Å²) in [6, 6.07) is 0. The number of hydrogen-bond donors (Lipinski definition) is 1. The van der Waals surface area contributed by atoms with Crippen LogP contribution in [0.3, 0.4) is 0 Å². The highest BCUT2D eigenvalue weighted by molar-refractivity contribution is 5.80. The number of nitrogens with one attached hydrogen (secondary N) is 1. The summed E-state index contributed by atoms with van der Waals surface area (Å²) in [6.45, 7) is 9.22. The lowest BCUT2D eigenvalue weighted by molar-refractivity contribution is -0.150. The third-order valence-electron chi connectivity index (χ3n) is 3.32. The van der Waals surface area contributed by atoms with Crippen LogP contribution in [-0.4, -0.2) is 58.4 Å². The third kappa shape index (κ3) is 4.12. The van der Waals surface area contributed by atoms with Gasteiger partial charge < -0.3 is 14.4 Å². The fourth-order valence-corrected chi connectivity index (χ4v) is 2.17. The lowest BCUT2D eigenvalue weighted by Gasteiger charge is -2.33. The highest BCUT2D eigenvalue weighted by atomic mass is 16.5. The van der Waals surface area contributed by atoms with Crippen LogP contribution in [-0.2, 0) is 14.3 Å². The molecule has 116 valence electrons. The van der Waals surface area contributed by atoms with Crippen LogP contribution in [0.15, 0.2) is 12.7 Å². The molecular weight excluding hydrogens is 272 g/mol. The number of aromatic amines is 1. The maximum atomic E-state index is 12.3. The Balaban J connectivity index is 1.90. The highest BCUT2D eigenvalue weighted by Gasteiger charge is 2.30. The maximum Gasteiger partial charge on any atom is 0.251 e. The predicted octanol–water partition coefficient (Wildman–Crippen LogP) is 0.994. The molecule has 7 heteroatoms. The molecule has 1 amide bonds. The number of ether oxygens (including phenoxy) is 2. The van der Waals surface area contributed by atoms with E-state index >= 15 is 0 Å². The number of rotatable bonds is 6. The smallest absolute Gasteiger partial charge is 0.251 e. The predicted molar refractivity (Wildman–Crippen MR) is 76.6 cm³/mol. The number of aryl methyl sites for hydroxylation is 1. The van der Waals surface area contributed by atoms with Gasteiger partial charge in [-0.2, -0.15) is 5.10 Å². The number of hydrogen-bond acceptors (Lipinski definition) is 5. The molecule has 1 fully saturated rings. The van der Waals surface area contributed by atoms with E-state index in [1.54, 1.807) is 17.9 Å². The lowest BCUT2D eigenvalue weighted by Crippen LogP contribution is -2.46. The summed E-state index contributed by atoms with van der Waals surface area (Å²) in [4.78, 5) is 18.4. The van der Waals surface area contributed by atoms with Crippen LogP contribution in [0.5, 0.6) is 0 Å². The molecule has 0 spiro atoms. The average Bonchev–Trinajstić information content (AvgIpc) is 2.93. The Kier molecular flexibility index (Phi) is 5.46. The van der Waals surface area contributed by atoms with Crippen molar-refractivity contribution in [3.8, 4) is 0 Å². The van der Waals surface area contributed by atoms with Crippen molar-refractivity contribution in [1.29, 1.82) is 0 Å². The first-order valence-electron chi connectivity index (χ1n) is 7.13. The van der Waals surface area contributed by atoms with Gasteiger partial charge in [-0.05, 0) is 20.3 Å². The van der Waals surface area contributed by atoms with Gasteiger partial charge in [-0.25, -0.2) is 4.98 Å². The van der Waals surface area contributed by atoms with Crippen molar-refractivity contribution >= 4 is 5.91 Å². The van der Waals surface area contributed by atoms with E-state index in [9.17, 15) is 4.79 Å². The molecule has 7 nitrogen and oxygen atoms in total. The minimum Gasteiger partial charge on any atom is -0.368 e. The number of carbonyl (C=O) groups is 1. The summed E-state index contributed by atoms with van der Waals surface area (Å²) in [6.07, 6.45) is 1.76. The molecule has 1 aliphatic rings. The Morgan fingerprint density at radius 1 is 1.71 bits per heavy atom. The number of H-pyrrole nitrogens is 1. The van der Waals surface area contributed by atoms with E-state index in [-0.39, 0.29) is 12.0 Å². The summed E-state index contributed by atoms with van der Waals surface area (Å²) < 4.78 is 11.1. The van der Waals surface area contributed by atoms with Gasteiger partial charge in [0.25, 0.3) is 5.91 Å². The highest BCUT2D eigenvalue weighted by Crippen LogP contribution is 2.19. The molecule has 2 rings (SSSR count). The van der Waals surface area contributed by atoms with Crippen molar-refractivity contribution < 1.29 is 14.3 Å². The molecule has 0 bridgehead atoms. The first-order chi connectivity index (χ1) is 10.1. The van der Waals surface area contributed by atoms with Crippen LogP contribution in [0.25, 0.3) is 0 Å². The zero-order chi connectivity index (χ0) is 15.2. The number of nitrogens with zero attached hydrogens (tertiary/aromatic N) is 3. The molecule has 0 radical (unpaired) electrons. The van der Waals surface area contributed by atoms with Gasteiger partial charge in [0.15, 0.2) is 5.82 Å². The maximum absolute atomic E-state index is 12.3. The summed E-state index contributed by atoms with van der Waals surface area (Å²) in [5.74, 6) is 1.29. The Morgan fingerprint density at radius 2 is 2.52 bits per heavy atom. The second-order valence-electron chi connectivity index (χ2n) is 5.01. The first-order valence-corrected chi connectivity index (χ1v) is 7.13. The summed E-state index contributed by atoms with van der Waals surface area (Å²) in [5.41, 5.74) is 0. The van der Waals surface area contributed by atoms with Crippen molar-refractivity contribution in [3.05, 3.63) is 24.3 Å². The van der Waals surface area contributed by atoms with Crippen LogP contribution in [0, 0.1) is 6.92 Å². The van der Waals surface area contributed by atoms with Crippen molar-refractivity contribution in [2.45, 2.75) is 32.5 Å². The van der Waals surface area contributed by atoms with E-state index in [1.807, 2.05) is 6.92 Å². The van der Waals surface area contributed by atoms with Crippen LogP contribution < -0.4 is 0 Å². The molecule has 1 saturated heterocycles. The number of amides is 1. The summed E-state index contributed by atoms with van der Waals surface area (Å²) in [7, 11) is 0. The van der Waals surface area contributed by atoms with Gasteiger partial charge >= 0.3 is 0 Å². The van der Waals surface area contributed by atoms with E-state index in [1.165, 1.54) is 0 Å². The van der Waals surface area contributed by atoms with Gasteiger partial charge in [0.1, 0.15) is 18.0 Å². The van der Waals surface area contributed by atoms with Crippen molar-refractivity contribution in [3.63, 3.8) is 0 Å². The van der Waals surface area contributed by atoms with Crippen LogP contribution in [0.4, 0.5) is 0 Å². The number of aromatic nitrogens is 3. The summed E-state index contributed by atoms with van der Waals surface area (Å²) in [5, 5.41) is 6.89. The topological polar surface area (TPSA) is 80.3 Å². The molecule has 2 heterocycles. The lowest BCUT2D eigenvalue weighted by atomic mass is 10.2. The molecule has 0 unspecified atom stereocenters. The minimum absolute atomic E-state index is 0.0281. The van der Waals surface area contributed by atoms with Gasteiger partial charge in [-0.1, -0.05) is 6.08 Å². The molecule has 0 saturated carbocycles. The standard InChI is InChI=1S/C14H22N4O3/c1-4-5-7-20-10(2)14(19)18-6-8-21-12(9-18)13-15-11(3)16-17-13/h4,10,12H,1,5-9H2,2-3H3,(H,15,16,17)/t10-,12+/m1/s1. The molecular formula is C14H22N4O3. The molecule has 0 aromatic carbocycles. The minimum atomic E-state index is -0.461. The van der Waals surface area contributed by atoms with E-state index in [0.717, 1.165) is 12.2 Å². The van der Waals surface area contributed by atoms with Gasteiger partial charge in [-0.3, -0.25) is 9.89 Å². The van der Waals surface area contributed by atoms with Crippen LogP contribution >= 0.6 is 0 Å². The first kappa shape index (κ1) is 15.7. The van der Waals surface area contributed by atoms with E-state index in [4.69, 9.17) is 9.47 Å². The Bertz CT molecular complexity index is 488. The molecule has 1 aromatic heterocycles. The van der Waals surface area contributed by atoms with E-state index in [2.05, 4.69) is 21.8 Å². The monoisotopic (exact) mass is 294 g/mol. The Labute approximate surface area is 124 Å². The quantitative estimate of drug-likeness (QED) is 0.625. The van der Waals surface area contributed by atoms with Gasteiger partial charge in [0.05, 0.1) is 19.8 Å². The average molecular weight is 294 g/mol. The second-order valence-corrected chi connectivity index (χ2v) is 5.01. The van der Waals surface area contributed by atoms with Gasteiger partial charge in [0, 0.05) is 6.54 Å². The molecule has 2 atom stereocenters. The van der Waals surface area contributed by atoms with Crippen molar-refractivity contribution in [2.24, 2.45) is 0 Å². The number of carbonyl (C=O) groups excluding carboxylic acids is 1. The zero-order valence-electron chi connectivity index (χ0n) is 12.5. The summed E-state index contributed by atoms with van der Waals surface area (Å²) >= 11 is 0. The molecule has 0 aliphatic carbocycles. The number of morpholine rings is 1. The molecule has 1 aromatic rings. The van der Waals surface area contributed by atoms with Crippen molar-refractivity contribution in [2.75, 3.05) is 26.3 Å². The SMILES string of the molecule is C=CCCO[C@H](C)C(=O)N1CCO[C@H](c2n[nH]c(C)n2)C1. The third-order valence-corrected chi connectivity index (χ3v) is 3.32. The fourth-order valence-electron chi connectivity index (χ4n) is 2.17. The van der Waals surface area contributed by atoms with Crippen LogP contribution in [0.1, 0.15) is 31.1 Å². The molecule has 21 heavy (non-hydrogen) atoms. The molecule has 1 N–H and O–H groups in total. The Hall–Kier alpha value is -1.73. The van der Waals surface area contributed by atoms with E-state index in [0.29, 0.717) is 32.1 Å². The molecule has 1 aliphatic heterocycles. The normalized spacial score (nSPS) is 20.3. The van der Waals surface area contributed by atoms with Gasteiger partial charge in [0.2, 0.25) is 0 Å². The van der Waals surface area contributed by atoms with E-state index < -0.39 is 6.10 Å². The van der Waals surface area contributed by atoms with Gasteiger partial charge in [-0.15, -0.1) is 6.58 Å². The zero-order valence-corrected chi connectivity index (χ0v) is 12.5. The Morgan fingerprint density at radius 3 is 3.19 bits per heavy atom. The largest absolute Gasteiger partial charge is 0.368 e. The van der Waals surface area contributed by atoms with Crippen molar-refractivity contribution in [1.82, 2.24) is 20.1 Å². The second kappa shape index (κ2) is 7.33.